The lowest BCUT2D eigenvalue weighted by atomic mass is 10.1. The molecule has 5 nitrogen and oxygen atoms in total. The van der Waals surface area contributed by atoms with Gasteiger partial charge in [0.1, 0.15) is 17.0 Å². The number of aromatic nitrogens is 1. The van der Waals surface area contributed by atoms with Crippen molar-refractivity contribution in [2.75, 3.05) is 5.32 Å². The monoisotopic (exact) mass is 376 g/mol. The lowest BCUT2D eigenvalue weighted by molar-refractivity contribution is -0.137. The molecule has 0 bridgehead atoms. The summed E-state index contributed by atoms with van der Waals surface area (Å²) in [6, 6.07) is 7.89. The molecule has 3 rings (SSSR count). The van der Waals surface area contributed by atoms with Gasteiger partial charge >= 0.3 is 6.18 Å². The molecular formula is C19H15F3N2O3. The molecule has 0 aliphatic heterocycles. The fraction of sp³-hybridized carbons (Fsp3) is 0.158. The van der Waals surface area contributed by atoms with Gasteiger partial charge in [0.15, 0.2) is 0 Å². The predicted molar refractivity (Wildman–Crippen MR) is 95.3 cm³/mol. The first-order valence-electron chi connectivity index (χ1n) is 8.09. The Kier molecular flexibility index (Phi) is 4.89. The number of aryl methyl sites for hydroxylation is 1. The second kappa shape index (κ2) is 7.14. The third kappa shape index (κ3) is 3.94. The lowest BCUT2D eigenvalue weighted by Crippen LogP contribution is -2.20. The Morgan fingerprint density at radius 3 is 2.74 bits per heavy atom. The summed E-state index contributed by atoms with van der Waals surface area (Å²) >= 11 is 0. The van der Waals surface area contributed by atoms with Crippen LogP contribution in [-0.4, -0.2) is 10.9 Å². The van der Waals surface area contributed by atoms with Gasteiger partial charge in [-0.15, -0.1) is 0 Å². The SMILES string of the molecule is CCc1oc2ccccc2c1C=CC(=O)Nc1cc(C(F)(F)F)c[nH]c1=O. The van der Waals surface area contributed by atoms with Crippen LogP contribution in [0.4, 0.5) is 18.9 Å². The fourth-order valence-corrected chi connectivity index (χ4v) is 2.64. The molecule has 0 aliphatic rings. The van der Waals surface area contributed by atoms with E-state index >= 15 is 0 Å². The number of hydrogen-bond donors (Lipinski definition) is 2. The summed E-state index contributed by atoms with van der Waals surface area (Å²) in [6.45, 7) is 1.90. The Hall–Kier alpha value is -3.29. The van der Waals surface area contributed by atoms with Gasteiger partial charge in [-0.05, 0) is 18.2 Å². The van der Waals surface area contributed by atoms with Crippen LogP contribution in [0.25, 0.3) is 17.0 Å². The minimum Gasteiger partial charge on any atom is -0.460 e. The van der Waals surface area contributed by atoms with Gasteiger partial charge < -0.3 is 14.7 Å². The molecule has 0 atom stereocenters. The van der Waals surface area contributed by atoms with Gasteiger partial charge in [0.2, 0.25) is 5.91 Å². The van der Waals surface area contributed by atoms with Crippen molar-refractivity contribution in [1.82, 2.24) is 4.98 Å². The van der Waals surface area contributed by atoms with Crippen LogP contribution in [0, 0.1) is 0 Å². The fourth-order valence-electron chi connectivity index (χ4n) is 2.64. The topological polar surface area (TPSA) is 75.1 Å². The highest BCUT2D eigenvalue weighted by atomic mass is 19.4. The van der Waals surface area contributed by atoms with Crippen LogP contribution >= 0.6 is 0 Å². The molecule has 140 valence electrons. The number of nitrogens with one attached hydrogen (secondary N) is 2. The zero-order valence-electron chi connectivity index (χ0n) is 14.2. The number of anilines is 1. The number of hydrogen-bond acceptors (Lipinski definition) is 3. The van der Waals surface area contributed by atoms with E-state index in [9.17, 15) is 22.8 Å². The van der Waals surface area contributed by atoms with Crippen LogP contribution in [0.1, 0.15) is 23.8 Å². The maximum atomic E-state index is 12.7. The standard InChI is InChI=1S/C19H15F3N2O3/c1-2-15-13(12-5-3-4-6-16(12)27-15)7-8-17(25)24-14-9-11(19(20,21)22)10-23-18(14)26/h3-10H,2H2,1H3,(H,23,26)(H,24,25). The molecule has 27 heavy (non-hydrogen) atoms. The molecule has 2 N–H and O–H groups in total. The van der Waals surface area contributed by atoms with E-state index in [-0.39, 0.29) is 0 Å². The average molecular weight is 376 g/mol. The van der Waals surface area contributed by atoms with Crippen molar-refractivity contribution in [3.05, 3.63) is 69.8 Å². The van der Waals surface area contributed by atoms with E-state index in [2.05, 4.69) is 5.32 Å². The van der Waals surface area contributed by atoms with Gasteiger partial charge in [0.05, 0.1) is 5.56 Å². The molecule has 0 spiro atoms. The number of furan rings is 1. The second-order valence-electron chi connectivity index (χ2n) is 5.74. The number of H-pyrrole nitrogens is 1. The summed E-state index contributed by atoms with van der Waals surface area (Å²) in [5, 5.41) is 2.99. The van der Waals surface area contributed by atoms with Crippen LogP contribution in [0.5, 0.6) is 0 Å². The van der Waals surface area contributed by atoms with Crippen molar-refractivity contribution in [2.24, 2.45) is 0 Å². The van der Waals surface area contributed by atoms with E-state index in [1.165, 1.54) is 6.08 Å². The van der Waals surface area contributed by atoms with Crippen LogP contribution in [0.15, 0.2) is 51.8 Å². The molecule has 0 aliphatic carbocycles. The maximum absolute atomic E-state index is 12.7. The number of benzene rings is 1. The lowest BCUT2D eigenvalue weighted by Gasteiger charge is -2.08. The summed E-state index contributed by atoms with van der Waals surface area (Å²) in [5.74, 6) is -0.0516. The maximum Gasteiger partial charge on any atom is 0.417 e. The summed E-state index contributed by atoms with van der Waals surface area (Å²) in [7, 11) is 0. The van der Waals surface area contributed by atoms with E-state index in [0.717, 1.165) is 11.5 Å². The van der Waals surface area contributed by atoms with E-state index in [1.54, 1.807) is 6.07 Å². The number of rotatable bonds is 4. The zero-order chi connectivity index (χ0) is 19.6. The van der Waals surface area contributed by atoms with Crippen LogP contribution < -0.4 is 10.9 Å². The molecule has 0 saturated heterocycles. The van der Waals surface area contributed by atoms with Crippen molar-refractivity contribution < 1.29 is 22.4 Å². The molecule has 8 heteroatoms. The summed E-state index contributed by atoms with van der Waals surface area (Å²) in [6.07, 6.45) is -0.814. The minimum atomic E-state index is -4.63. The van der Waals surface area contributed by atoms with Crippen molar-refractivity contribution in [1.29, 1.82) is 0 Å². The quantitative estimate of drug-likeness (QED) is 0.665. The zero-order valence-corrected chi connectivity index (χ0v) is 14.2. The molecule has 1 amide bonds. The number of carbonyl (C=O) groups is 1. The summed E-state index contributed by atoms with van der Waals surface area (Å²) < 4.78 is 43.9. The van der Waals surface area contributed by atoms with Gasteiger partial charge in [-0.3, -0.25) is 9.59 Å². The second-order valence-corrected chi connectivity index (χ2v) is 5.74. The normalized spacial score (nSPS) is 12.0. The van der Waals surface area contributed by atoms with Crippen molar-refractivity contribution in [3.63, 3.8) is 0 Å². The molecule has 0 fully saturated rings. The van der Waals surface area contributed by atoms with Gasteiger partial charge in [-0.25, -0.2) is 0 Å². The number of carbonyl (C=O) groups excluding carboxylic acids is 1. The Bertz CT molecular complexity index is 1080. The summed E-state index contributed by atoms with van der Waals surface area (Å²) in [5.41, 5.74) is -0.986. The smallest absolute Gasteiger partial charge is 0.417 e. The molecule has 0 unspecified atom stereocenters. The van der Waals surface area contributed by atoms with Crippen LogP contribution in [-0.2, 0) is 17.4 Å². The Morgan fingerprint density at radius 1 is 1.30 bits per heavy atom. The van der Waals surface area contributed by atoms with Gasteiger partial charge in [0.25, 0.3) is 5.56 Å². The molecule has 3 aromatic rings. The molecule has 0 saturated carbocycles. The number of aromatic amines is 1. The molecule has 1 aromatic carbocycles. The van der Waals surface area contributed by atoms with Crippen molar-refractivity contribution in [3.8, 4) is 0 Å². The van der Waals surface area contributed by atoms with Gasteiger partial charge in [-0.2, -0.15) is 13.2 Å². The molecule has 2 aromatic heterocycles. The minimum absolute atomic E-state index is 0.479. The Balaban J connectivity index is 1.86. The number of pyridine rings is 1. The Labute approximate surface area is 151 Å². The number of alkyl halides is 3. The number of fused-ring (bicyclic) bond motifs is 1. The highest BCUT2D eigenvalue weighted by Gasteiger charge is 2.31. The van der Waals surface area contributed by atoms with Gasteiger partial charge in [-0.1, -0.05) is 25.1 Å². The van der Waals surface area contributed by atoms with Crippen molar-refractivity contribution in [2.45, 2.75) is 19.5 Å². The summed E-state index contributed by atoms with van der Waals surface area (Å²) in [4.78, 5) is 25.7. The van der Waals surface area contributed by atoms with E-state index in [1.807, 2.05) is 30.1 Å². The number of amides is 1. The number of para-hydroxylation sites is 1. The predicted octanol–water partition coefficient (Wildman–Crippen LogP) is 4.35. The van der Waals surface area contributed by atoms with Gasteiger partial charge in [0, 0.05) is 29.6 Å². The first kappa shape index (κ1) is 18.5. The highest BCUT2D eigenvalue weighted by molar-refractivity contribution is 6.03. The third-order valence-electron chi connectivity index (χ3n) is 3.92. The highest BCUT2D eigenvalue weighted by Crippen LogP contribution is 2.29. The van der Waals surface area contributed by atoms with Crippen LogP contribution in [0.2, 0.25) is 0 Å². The number of halogens is 3. The van der Waals surface area contributed by atoms with E-state index in [0.29, 0.717) is 35.6 Å². The average Bonchev–Trinajstić information content (AvgIpc) is 2.98. The first-order valence-corrected chi connectivity index (χ1v) is 8.09. The van der Waals surface area contributed by atoms with E-state index < -0.39 is 28.9 Å². The molecule has 2 heterocycles. The third-order valence-corrected chi connectivity index (χ3v) is 3.92. The van der Waals surface area contributed by atoms with Crippen molar-refractivity contribution >= 4 is 28.6 Å². The molecule has 0 radical (unpaired) electrons. The molecular weight excluding hydrogens is 361 g/mol. The first-order chi connectivity index (χ1) is 12.8. The Morgan fingerprint density at radius 2 is 2.04 bits per heavy atom. The van der Waals surface area contributed by atoms with E-state index in [4.69, 9.17) is 4.42 Å². The largest absolute Gasteiger partial charge is 0.460 e. The van der Waals surface area contributed by atoms with Crippen LogP contribution in [0.3, 0.4) is 0 Å².